The Morgan fingerprint density at radius 1 is 1.36 bits per heavy atom. The number of nitrogens with one attached hydrogen (secondary N) is 1. The molecule has 9 heteroatoms. The Bertz CT molecular complexity index is 920. The van der Waals surface area contributed by atoms with E-state index in [9.17, 15) is 9.59 Å². The van der Waals surface area contributed by atoms with Gasteiger partial charge in [-0.05, 0) is 18.6 Å². The summed E-state index contributed by atoms with van der Waals surface area (Å²) in [6.45, 7) is 1.75. The van der Waals surface area contributed by atoms with Crippen LogP contribution in [0.15, 0.2) is 50.6 Å². The number of amides is 1. The van der Waals surface area contributed by atoms with Crippen LogP contribution in [0.25, 0.3) is 0 Å². The third kappa shape index (κ3) is 4.08. The second kappa shape index (κ2) is 7.39. The minimum atomic E-state index is -0.516. The molecule has 3 aromatic heterocycles. The molecule has 0 unspecified atom stereocenters. The normalized spacial score (nSPS) is 10.4. The summed E-state index contributed by atoms with van der Waals surface area (Å²) in [5, 5.41) is 6.29. The van der Waals surface area contributed by atoms with E-state index in [4.69, 9.17) is 13.7 Å². The van der Waals surface area contributed by atoms with Gasteiger partial charge in [0.05, 0.1) is 6.26 Å². The predicted molar refractivity (Wildman–Crippen MR) is 83.8 cm³/mol. The summed E-state index contributed by atoms with van der Waals surface area (Å²) >= 11 is 0. The predicted octanol–water partition coefficient (Wildman–Crippen LogP) is 1.24. The van der Waals surface area contributed by atoms with Crippen LogP contribution in [0, 0.1) is 6.92 Å². The fourth-order valence-corrected chi connectivity index (χ4v) is 1.98. The first-order valence-electron chi connectivity index (χ1n) is 7.34. The first-order chi connectivity index (χ1) is 12.1. The monoisotopic (exact) mass is 342 g/mol. The first kappa shape index (κ1) is 16.4. The maximum atomic E-state index is 12.0. The zero-order chi connectivity index (χ0) is 17.6. The lowest BCUT2D eigenvalue weighted by atomic mass is 10.3. The highest BCUT2D eigenvalue weighted by molar-refractivity contribution is 5.89. The summed E-state index contributed by atoms with van der Waals surface area (Å²) in [6.07, 6.45) is 4.56. The van der Waals surface area contributed by atoms with Crippen LogP contribution in [0.4, 0.5) is 0 Å². The van der Waals surface area contributed by atoms with Gasteiger partial charge in [-0.15, -0.1) is 0 Å². The molecule has 3 aromatic rings. The number of hydrogen-bond acceptors (Lipinski definition) is 8. The summed E-state index contributed by atoms with van der Waals surface area (Å²) < 4.78 is 15.3. The highest BCUT2D eigenvalue weighted by atomic mass is 16.5. The number of carbonyl (C=O) groups excluding carboxylic acids is 1. The molecule has 0 radical (unpaired) electrons. The molecule has 0 aliphatic carbocycles. The Morgan fingerprint density at radius 2 is 2.24 bits per heavy atom. The van der Waals surface area contributed by atoms with Crippen molar-refractivity contribution in [3.05, 3.63) is 70.1 Å². The number of ether oxygens (including phenoxy) is 1. The van der Waals surface area contributed by atoms with Crippen LogP contribution < -0.4 is 15.5 Å². The molecular formula is C16H14N4O5. The Balaban J connectivity index is 1.58. The maximum absolute atomic E-state index is 12.0. The summed E-state index contributed by atoms with van der Waals surface area (Å²) in [5.41, 5.74) is 0.520. The van der Waals surface area contributed by atoms with Crippen molar-refractivity contribution in [2.24, 2.45) is 0 Å². The van der Waals surface area contributed by atoms with Crippen LogP contribution in [0.5, 0.6) is 5.75 Å². The van der Waals surface area contributed by atoms with Gasteiger partial charge in [-0.2, -0.15) is 4.98 Å². The van der Waals surface area contributed by atoms with Crippen LogP contribution in [-0.4, -0.2) is 21.0 Å². The van der Waals surface area contributed by atoms with E-state index >= 15 is 0 Å². The molecule has 25 heavy (non-hydrogen) atoms. The van der Waals surface area contributed by atoms with Crippen LogP contribution >= 0.6 is 0 Å². The van der Waals surface area contributed by atoms with Crippen LogP contribution in [-0.2, 0) is 13.2 Å². The third-order valence-electron chi connectivity index (χ3n) is 3.19. The quantitative estimate of drug-likeness (QED) is 0.710. The van der Waals surface area contributed by atoms with Crippen molar-refractivity contribution >= 4 is 5.91 Å². The van der Waals surface area contributed by atoms with E-state index in [-0.39, 0.29) is 36.0 Å². The molecule has 0 aromatic carbocycles. The number of rotatable bonds is 6. The van der Waals surface area contributed by atoms with E-state index in [1.165, 1.54) is 12.3 Å². The van der Waals surface area contributed by atoms with Gasteiger partial charge in [0.2, 0.25) is 17.0 Å². The SMILES string of the molecule is Cc1occc(=O)c1OCc1noc(C(=O)NCc2cccnc2)n1. The maximum Gasteiger partial charge on any atom is 0.316 e. The smallest absolute Gasteiger partial charge is 0.316 e. The van der Waals surface area contributed by atoms with E-state index in [0.717, 1.165) is 5.56 Å². The molecule has 0 fully saturated rings. The lowest BCUT2D eigenvalue weighted by Gasteiger charge is -2.03. The number of carbonyl (C=O) groups is 1. The molecule has 0 saturated carbocycles. The summed E-state index contributed by atoms with van der Waals surface area (Å²) in [5.74, 6) is -0.174. The van der Waals surface area contributed by atoms with E-state index in [1.807, 2.05) is 6.07 Å². The fourth-order valence-electron chi connectivity index (χ4n) is 1.98. The number of aromatic nitrogens is 3. The molecule has 3 heterocycles. The molecule has 0 spiro atoms. The molecular weight excluding hydrogens is 328 g/mol. The van der Waals surface area contributed by atoms with Gasteiger partial charge in [0.25, 0.3) is 0 Å². The van der Waals surface area contributed by atoms with Crippen molar-refractivity contribution in [2.45, 2.75) is 20.1 Å². The molecule has 9 nitrogen and oxygen atoms in total. The molecule has 128 valence electrons. The molecule has 0 saturated heterocycles. The van der Waals surface area contributed by atoms with Crippen molar-refractivity contribution in [1.29, 1.82) is 0 Å². The average Bonchev–Trinajstić information content (AvgIpc) is 3.09. The number of pyridine rings is 1. The van der Waals surface area contributed by atoms with Crippen LogP contribution in [0.1, 0.15) is 27.8 Å². The van der Waals surface area contributed by atoms with Crippen molar-refractivity contribution in [2.75, 3.05) is 0 Å². The number of nitrogens with zero attached hydrogens (tertiary/aromatic N) is 3. The molecule has 3 rings (SSSR count). The van der Waals surface area contributed by atoms with Gasteiger partial charge in [0, 0.05) is 25.0 Å². The largest absolute Gasteiger partial charge is 0.478 e. The lowest BCUT2D eigenvalue weighted by Crippen LogP contribution is -2.23. The highest BCUT2D eigenvalue weighted by Crippen LogP contribution is 2.12. The Morgan fingerprint density at radius 3 is 3.00 bits per heavy atom. The molecule has 0 aliphatic rings. The van der Waals surface area contributed by atoms with Crippen LogP contribution in [0.3, 0.4) is 0 Å². The zero-order valence-corrected chi connectivity index (χ0v) is 13.3. The lowest BCUT2D eigenvalue weighted by molar-refractivity contribution is 0.0907. The van der Waals surface area contributed by atoms with Crippen molar-refractivity contribution < 1.29 is 18.5 Å². The topological polar surface area (TPSA) is 120 Å². The summed E-state index contributed by atoms with van der Waals surface area (Å²) in [7, 11) is 0. The van der Waals surface area contributed by atoms with E-state index < -0.39 is 5.91 Å². The Kier molecular flexibility index (Phi) is 4.84. The number of hydrogen-bond donors (Lipinski definition) is 1. The van der Waals surface area contributed by atoms with E-state index in [2.05, 4.69) is 20.4 Å². The molecule has 0 bridgehead atoms. The van der Waals surface area contributed by atoms with Crippen molar-refractivity contribution in [1.82, 2.24) is 20.4 Å². The Labute approximate surface area is 141 Å². The van der Waals surface area contributed by atoms with Crippen LogP contribution in [0.2, 0.25) is 0 Å². The second-order valence-corrected chi connectivity index (χ2v) is 5.02. The minimum absolute atomic E-state index is 0.0647. The summed E-state index contributed by atoms with van der Waals surface area (Å²) in [6, 6.07) is 4.84. The van der Waals surface area contributed by atoms with Crippen molar-refractivity contribution in [3.8, 4) is 5.75 Å². The Hall–Kier alpha value is -3.49. The fraction of sp³-hybridized carbons (Fsp3) is 0.188. The molecule has 1 amide bonds. The molecule has 0 aliphatic heterocycles. The molecule has 1 N–H and O–H groups in total. The average molecular weight is 342 g/mol. The second-order valence-electron chi connectivity index (χ2n) is 5.02. The molecule has 0 atom stereocenters. The first-order valence-corrected chi connectivity index (χ1v) is 7.34. The zero-order valence-electron chi connectivity index (χ0n) is 13.3. The van der Waals surface area contributed by atoms with E-state index in [1.54, 1.807) is 25.4 Å². The standard InChI is InChI=1S/C16H14N4O5/c1-10-14(12(21)4-6-23-10)24-9-13-19-16(25-20-13)15(22)18-8-11-3-2-5-17-7-11/h2-7H,8-9H2,1H3,(H,18,22). The van der Waals surface area contributed by atoms with E-state index in [0.29, 0.717) is 5.76 Å². The van der Waals surface area contributed by atoms with Gasteiger partial charge >= 0.3 is 11.8 Å². The summed E-state index contributed by atoms with van der Waals surface area (Å²) in [4.78, 5) is 31.5. The van der Waals surface area contributed by atoms with Gasteiger partial charge in [-0.1, -0.05) is 11.2 Å². The van der Waals surface area contributed by atoms with Gasteiger partial charge in [0.1, 0.15) is 5.76 Å². The van der Waals surface area contributed by atoms with Gasteiger partial charge in [-0.3, -0.25) is 14.6 Å². The minimum Gasteiger partial charge on any atom is -0.478 e. The number of aryl methyl sites for hydroxylation is 1. The van der Waals surface area contributed by atoms with Gasteiger partial charge in [-0.25, -0.2) is 0 Å². The van der Waals surface area contributed by atoms with Gasteiger partial charge < -0.3 is 19.0 Å². The van der Waals surface area contributed by atoms with Gasteiger partial charge in [0.15, 0.2) is 6.61 Å². The highest BCUT2D eigenvalue weighted by Gasteiger charge is 2.16. The third-order valence-corrected chi connectivity index (χ3v) is 3.19. The van der Waals surface area contributed by atoms with Crippen molar-refractivity contribution in [3.63, 3.8) is 0 Å².